The van der Waals surface area contributed by atoms with Crippen molar-refractivity contribution in [2.24, 2.45) is 0 Å². The van der Waals surface area contributed by atoms with Crippen molar-refractivity contribution in [3.63, 3.8) is 0 Å². The average Bonchev–Trinajstić information content (AvgIpc) is 2.63. The molecule has 0 aliphatic heterocycles. The van der Waals surface area contributed by atoms with E-state index in [4.69, 9.17) is 0 Å². The van der Waals surface area contributed by atoms with Crippen molar-refractivity contribution in [1.82, 2.24) is 5.32 Å². The summed E-state index contributed by atoms with van der Waals surface area (Å²) in [6, 6.07) is 3.74. The zero-order valence-electron chi connectivity index (χ0n) is 9.37. The molecule has 0 radical (unpaired) electrons. The molecule has 15 heavy (non-hydrogen) atoms. The number of hydrogen-bond acceptors (Lipinski definition) is 3. The van der Waals surface area contributed by atoms with Crippen LogP contribution in [-0.4, -0.2) is 23.0 Å². The van der Waals surface area contributed by atoms with Crippen LogP contribution in [0.4, 0.5) is 0 Å². The molecule has 0 aromatic carbocycles. The minimum Gasteiger partial charge on any atom is -0.351 e. The predicted molar refractivity (Wildman–Crippen MR) is 68.9 cm³/mol. The maximum atomic E-state index is 11.5. The SMILES string of the molecule is CC(C)(C)SCCNC(=O)c1cccs1. The van der Waals surface area contributed by atoms with Crippen molar-refractivity contribution in [2.75, 3.05) is 12.3 Å². The van der Waals surface area contributed by atoms with Gasteiger partial charge in [0.25, 0.3) is 5.91 Å². The van der Waals surface area contributed by atoms with E-state index in [1.165, 1.54) is 11.3 Å². The molecule has 1 amide bonds. The van der Waals surface area contributed by atoms with Crippen LogP contribution < -0.4 is 5.32 Å². The second-order valence-corrected chi connectivity index (χ2v) is 7.06. The summed E-state index contributed by atoms with van der Waals surface area (Å²) in [7, 11) is 0. The molecular formula is C11H17NOS2. The summed E-state index contributed by atoms with van der Waals surface area (Å²) in [6.45, 7) is 7.27. The first-order valence-corrected chi connectivity index (χ1v) is 6.81. The smallest absolute Gasteiger partial charge is 0.261 e. The molecule has 0 bridgehead atoms. The van der Waals surface area contributed by atoms with E-state index in [0.717, 1.165) is 17.2 Å². The van der Waals surface area contributed by atoms with E-state index in [9.17, 15) is 4.79 Å². The number of thioether (sulfide) groups is 1. The third kappa shape index (κ3) is 5.23. The molecule has 0 aliphatic rings. The number of thiophene rings is 1. The van der Waals surface area contributed by atoms with E-state index < -0.39 is 0 Å². The number of nitrogens with one attached hydrogen (secondary N) is 1. The Balaban J connectivity index is 2.19. The van der Waals surface area contributed by atoms with Gasteiger partial charge in [0.2, 0.25) is 0 Å². The minimum atomic E-state index is 0.0412. The summed E-state index contributed by atoms with van der Waals surface area (Å²) < 4.78 is 0.271. The van der Waals surface area contributed by atoms with Crippen molar-refractivity contribution in [2.45, 2.75) is 25.5 Å². The molecule has 2 nitrogen and oxygen atoms in total. The van der Waals surface area contributed by atoms with Crippen LogP contribution in [0.15, 0.2) is 17.5 Å². The van der Waals surface area contributed by atoms with Gasteiger partial charge in [-0.3, -0.25) is 4.79 Å². The van der Waals surface area contributed by atoms with E-state index in [-0.39, 0.29) is 10.7 Å². The molecule has 1 rings (SSSR count). The summed E-state index contributed by atoms with van der Waals surface area (Å²) in [5, 5.41) is 4.82. The number of rotatable bonds is 4. The van der Waals surface area contributed by atoms with Crippen LogP contribution in [0.5, 0.6) is 0 Å². The van der Waals surface area contributed by atoms with E-state index >= 15 is 0 Å². The second kappa shape index (κ2) is 5.56. The Morgan fingerprint density at radius 2 is 2.27 bits per heavy atom. The molecule has 84 valence electrons. The molecule has 1 heterocycles. The second-order valence-electron chi connectivity index (χ2n) is 4.19. The number of carbonyl (C=O) groups excluding carboxylic acids is 1. The first-order valence-electron chi connectivity index (χ1n) is 4.95. The normalized spacial score (nSPS) is 11.4. The fourth-order valence-electron chi connectivity index (χ4n) is 1.02. The monoisotopic (exact) mass is 243 g/mol. The summed E-state index contributed by atoms with van der Waals surface area (Å²) >= 11 is 3.34. The van der Waals surface area contributed by atoms with Gasteiger partial charge in [-0.25, -0.2) is 0 Å². The van der Waals surface area contributed by atoms with Crippen LogP contribution in [0.1, 0.15) is 30.4 Å². The van der Waals surface area contributed by atoms with Crippen LogP contribution in [-0.2, 0) is 0 Å². The predicted octanol–water partition coefficient (Wildman–Crippen LogP) is 3.01. The Labute approximate surface area is 99.5 Å². The average molecular weight is 243 g/mol. The van der Waals surface area contributed by atoms with Gasteiger partial charge < -0.3 is 5.32 Å². The van der Waals surface area contributed by atoms with Gasteiger partial charge in [-0.15, -0.1) is 11.3 Å². The van der Waals surface area contributed by atoms with Gasteiger partial charge in [-0.1, -0.05) is 26.8 Å². The molecule has 0 aliphatic carbocycles. The summed E-state index contributed by atoms with van der Waals surface area (Å²) in [5.41, 5.74) is 0. The Bertz CT molecular complexity index is 301. The van der Waals surface area contributed by atoms with Gasteiger partial charge in [-0.2, -0.15) is 11.8 Å². The summed E-state index contributed by atoms with van der Waals surface area (Å²) in [4.78, 5) is 12.3. The lowest BCUT2D eigenvalue weighted by molar-refractivity contribution is 0.0960. The third-order valence-electron chi connectivity index (χ3n) is 1.67. The fourth-order valence-corrected chi connectivity index (χ4v) is 2.47. The first kappa shape index (κ1) is 12.6. The van der Waals surface area contributed by atoms with Crippen LogP contribution in [0.25, 0.3) is 0 Å². The van der Waals surface area contributed by atoms with Crippen molar-refractivity contribution in [3.05, 3.63) is 22.4 Å². The van der Waals surface area contributed by atoms with E-state index in [1.54, 1.807) is 0 Å². The Kier molecular flexibility index (Phi) is 4.67. The van der Waals surface area contributed by atoms with Crippen LogP contribution >= 0.6 is 23.1 Å². The quantitative estimate of drug-likeness (QED) is 0.824. The topological polar surface area (TPSA) is 29.1 Å². The highest BCUT2D eigenvalue weighted by molar-refractivity contribution is 8.00. The largest absolute Gasteiger partial charge is 0.351 e. The molecule has 0 fully saturated rings. The molecule has 1 N–H and O–H groups in total. The van der Waals surface area contributed by atoms with Crippen LogP contribution in [0.2, 0.25) is 0 Å². The van der Waals surface area contributed by atoms with E-state index in [1.807, 2.05) is 29.3 Å². The van der Waals surface area contributed by atoms with Gasteiger partial charge in [0.05, 0.1) is 4.88 Å². The molecule has 0 spiro atoms. The zero-order valence-corrected chi connectivity index (χ0v) is 11.0. The van der Waals surface area contributed by atoms with Crippen molar-refractivity contribution >= 4 is 29.0 Å². The Morgan fingerprint density at radius 1 is 1.53 bits per heavy atom. The Hall–Kier alpha value is -0.480. The molecule has 0 atom stereocenters. The number of amides is 1. The number of hydrogen-bond donors (Lipinski definition) is 1. The molecule has 0 unspecified atom stereocenters. The lowest BCUT2D eigenvalue weighted by atomic mass is 10.3. The highest BCUT2D eigenvalue weighted by Gasteiger charge is 2.10. The van der Waals surface area contributed by atoms with Gasteiger partial charge in [-0.05, 0) is 11.4 Å². The molecule has 0 saturated carbocycles. The summed E-state index contributed by atoms with van der Waals surface area (Å²) in [6.07, 6.45) is 0. The van der Waals surface area contributed by atoms with Crippen molar-refractivity contribution < 1.29 is 4.79 Å². The first-order chi connectivity index (χ1) is 6.99. The fraction of sp³-hybridized carbons (Fsp3) is 0.545. The molecule has 1 aromatic heterocycles. The molecule has 0 saturated heterocycles. The van der Waals surface area contributed by atoms with E-state index in [0.29, 0.717) is 0 Å². The maximum Gasteiger partial charge on any atom is 0.261 e. The van der Waals surface area contributed by atoms with Crippen LogP contribution in [0.3, 0.4) is 0 Å². The van der Waals surface area contributed by atoms with Gasteiger partial charge >= 0.3 is 0 Å². The zero-order chi connectivity index (χ0) is 11.3. The number of carbonyl (C=O) groups is 1. The van der Waals surface area contributed by atoms with Crippen LogP contribution in [0, 0.1) is 0 Å². The highest BCUT2D eigenvalue weighted by atomic mass is 32.2. The maximum absolute atomic E-state index is 11.5. The Morgan fingerprint density at radius 3 is 2.80 bits per heavy atom. The van der Waals surface area contributed by atoms with Gasteiger partial charge in [0.15, 0.2) is 0 Å². The third-order valence-corrected chi connectivity index (χ3v) is 3.81. The standard InChI is InChI=1S/C11H17NOS2/c1-11(2,3)15-8-6-12-10(13)9-5-4-7-14-9/h4-5,7H,6,8H2,1-3H3,(H,12,13). The highest BCUT2D eigenvalue weighted by Crippen LogP contribution is 2.22. The summed E-state index contributed by atoms with van der Waals surface area (Å²) in [5.74, 6) is 1.00. The van der Waals surface area contributed by atoms with Gasteiger partial charge in [0, 0.05) is 17.0 Å². The molecule has 1 aromatic rings. The van der Waals surface area contributed by atoms with Crippen molar-refractivity contribution in [3.8, 4) is 0 Å². The molecule has 4 heteroatoms. The lowest BCUT2D eigenvalue weighted by Crippen LogP contribution is -2.26. The minimum absolute atomic E-state index is 0.0412. The molecular weight excluding hydrogens is 226 g/mol. The lowest BCUT2D eigenvalue weighted by Gasteiger charge is -2.17. The van der Waals surface area contributed by atoms with E-state index in [2.05, 4.69) is 26.1 Å². The van der Waals surface area contributed by atoms with Crippen molar-refractivity contribution in [1.29, 1.82) is 0 Å². The van der Waals surface area contributed by atoms with Gasteiger partial charge in [0.1, 0.15) is 0 Å².